The monoisotopic (exact) mass is 392 g/mol. The molecular weight excluding hydrogens is 360 g/mol. The summed E-state index contributed by atoms with van der Waals surface area (Å²) in [5, 5.41) is 13.2. The van der Waals surface area contributed by atoms with Crippen LogP contribution in [-0.2, 0) is 10.0 Å². The van der Waals surface area contributed by atoms with Crippen molar-refractivity contribution in [1.29, 1.82) is 0 Å². The van der Waals surface area contributed by atoms with Gasteiger partial charge in [-0.1, -0.05) is 44.2 Å². The lowest BCUT2D eigenvalue weighted by atomic mass is 9.77. The molecule has 0 unspecified atom stereocenters. The first-order valence-electron chi connectivity index (χ1n) is 9.95. The first-order chi connectivity index (χ1) is 12.8. The zero-order valence-electron chi connectivity index (χ0n) is 16.6. The summed E-state index contributed by atoms with van der Waals surface area (Å²) in [4.78, 5) is 0. The summed E-state index contributed by atoms with van der Waals surface area (Å²) in [5.41, 5.74) is 3.77. The zero-order chi connectivity index (χ0) is 19.6. The molecule has 2 N–H and O–H groups in total. The number of benzene rings is 1. The Hall–Kier alpha value is -1.21. The second kappa shape index (κ2) is 8.43. The van der Waals surface area contributed by atoms with Gasteiger partial charge in [-0.05, 0) is 42.4 Å². The van der Waals surface area contributed by atoms with Gasteiger partial charge in [0.25, 0.3) is 0 Å². The van der Waals surface area contributed by atoms with Gasteiger partial charge >= 0.3 is 0 Å². The van der Waals surface area contributed by atoms with E-state index in [-0.39, 0.29) is 24.6 Å². The second-order valence-corrected chi connectivity index (χ2v) is 9.98. The van der Waals surface area contributed by atoms with Gasteiger partial charge in [-0.2, -0.15) is 4.31 Å². The van der Waals surface area contributed by atoms with Crippen LogP contribution in [0.15, 0.2) is 30.3 Å². The number of aliphatic hydroxyl groups is 1. The molecule has 6 heteroatoms. The summed E-state index contributed by atoms with van der Waals surface area (Å²) in [6, 6.07) is 8.24. The van der Waals surface area contributed by atoms with Crippen molar-refractivity contribution in [3.8, 4) is 0 Å². The Kier molecular flexibility index (Phi) is 6.41. The first kappa shape index (κ1) is 20.5. The highest BCUT2D eigenvalue weighted by Gasteiger charge is 2.52. The molecule has 0 aromatic heterocycles. The number of aliphatic hydroxyl groups excluding tert-OH is 1. The van der Waals surface area contributed by atoms with Crippen molar-refractivity contribution in [1.82, 2.24) is 9.62 Å². The Labute approximate surface area is 163 Å². The van der Waals surface area contributed by atoms with Crippen LogP contribution in [0.25, 0.3) is 5.57 Å². The van der Waals surface area contributed by atoms with E-state index < -0.39 is 16.1 Å². The molecule has 1 aliphatic heterocycles. The SMILES string of the molecule is CC(C)NC[C@@H]1[C@H](c2ccc(C3=CCCCC3)cc2)[C@H](CO)N1S(C)(=O)=O. The lowest BCUT2D eigenvalue weighted by Gasteiger charge is -2.53. The van der Waals surface area contributed by atoms with Gasteiger partial charge in [-0.3, -0.25) is 0 Å². The highest BCUT2D eigenvalue weighted by Crippen LogP contribution is 2.42. The Morgan fingerprint density at radius 3 is 2.41 bits per heavy atom. The zero-order valence-corrected chi connectivity index (χ0v) is 17.4. The molecule has 1 aromatic rings. The Morgan fingerprint density at radius 1 is 1.19 bits per heavy atom. The van der Waals surface area contributed by atoms with E-state index in [1.165, 1.54) is 34.5 Å². The fourth-order valence-electron chi connectivity index (χ4n) is 4.44. The van der Waals surface area contributed by atoms with Crippen LogP contribution < -0.4 is 5.32 Å². The largest absolute Gasteiger partial charge is 0.395 e. The molecule has 0 amide bonds. The van der Waals surface area contributed by atoms with E-state index in [4.69, 9.17) is 0 Å². The van der Waals surface area contributed by atoms with E-state index in [9.17, 15) is 13.5 Å². The molecule has 0 saturated carbocycles. The number of nitrogens with one attached hydrogen (secondary N) is 1. The predicted molar refractivity (Wildman–Crippen MR) is 110 cm³/mol. The molecule has 3 atom stereocenters. The van der Waals surface area contributed by atoms with Crippen molar-refractivity contribution < 1.29 is 13.5 Å². The molecule has 0 bridgehead atoms. The maximum Gasteiger partial charge on any atom is 0.211 e. The molecule has 1 heterocycles. The predicted octanol–water partition coefficient (Wildman–Crippen LogP) is 2.73. The third-order valence-electron chi connectivity index (χ3n) is 5.75. The van der Waals surface area contributed by atoms with E-state index in [1.807, 2.05) is 0 Å². The average molecular weight is 393 g/mol. The first-order valence-corrected chi connectivity index (χ1v) is 11.8. The van der Waals surface area contributed by atoms with Gasteiger partial charge in [0.15, 0.2) is 0 Å². The Morgan fingerprint density at radius 2 is 1.89 bits per heavy atom. The number of allylic oxidation sites excluding steroid dienone is 2. The third-order valence-corrected chi connectivity index (χ3v) is 7.05. The van der Waals surface area contributed by atoms with E-state index in [0.717, 1.165) is 18.4 Å². The highest BCUT2D eigenvalue weighted by atomic mass is 32.2. The quantitative estimate of drug-likeness (QED) is 0.749. The second-order valence-electron chi connectivity index (χ2n) is 8.10. The Balaban J connectivity index is 1.84. The molecule has 0 radical (unpaired) electrons. The van der Waals surface area contributed by atoms with E-state index in [0.29, 0.717) is 6.54 Å². The van der Waals surface area contributed by atoms with Gasteiger partial charge in [0, 0.05) is 24.5 Å². The smallest absolute Gasteiger partial charge is 0.211 e. The van der Waals surface area contributed by atoms with Crippen LogP contribution in [0.3, 0.4) is 0 Å². The van der Waals surface area contributed by atoms with Crippen molar-refractivity contribution in [3.63, 3.8) is 0 Å². The van der Waals surface area contributed by atoms with Crippen molar-refractivity contribution >= 4 is 15.6 Å². The molecule has 0 spiro atoms. The van der Waals surface area contributed by atoms with Gasteiger partial charge < -0.3 is 10.4 Å². The van der Waals surface area contributed by atoms with Crippen molar-refractivity contribution in [2.45, 2.75) is 63.6 Å². The molecule has 2 aliphatic rings. The fraction of sp³-hybridized carbons (Fsp3) is 0.619. The summed E-state index contributed by atoms with van der Waals surface area (Å²) in [6.07, 6.45) is 8.36. The van der Waals surface area contributed by atoms with Crippen LogP contribution in [0.4, 0.5) is 0 Å². The van der Waals surface area contributed by atoms with Crippen LogP contribution in [0.2, 0.25) is 0 Å². The summed E-state index contributed by atoms with van der Waals surface area (Å²) in [5.74, 6) is 0.00496. The molecule has 1 fully saturated rings. The van der Waals surface area contributed by atoms with E-state index in [2.05, 4.69) is 49.5 Å². The van der Waals surface area contributed by atoms with E-state index >= 15 is 0 Å². The minimum Gasteiger partial charge on any atom is -0.395 e. The van der Waals surface area contributed by atoms with Gasteiger partial charge in [0.05, 0.1) is 18.9 Å². The fourth-order valence-corrected chi connectivity index (χ4v) is 5.83. The molecule has 1 aliphatic carbocycles. The summed E-state index contributed by atoms with van der Waals surface area (Å²) in [7, 11) is -3.37. The number of sulfonamides is 1. The third kappa shape index (κ3) is 4.45. The lowest BCUT2D eigenvalue weighted by molar-refractivity contribution is 0.0284. The number of hydrogen-bond acceptors (Lipinski definition) is 4. The summed E-state index contributed by atoms with van der Waals surface area (Å²) >= 11 is 0. The van der Waals surface area contributed by atoms with Crippen molar-refractivity contribution in [2.24, 2.45) is 0 Å². The van der Waals surface area contributed by atoms with Crippen LogP contribution in [0.5, 0.6) is 0 Å². The molecule has 27 heavy (non-hydrogen) atoms. The molecule has 1 aromatic carbocycles. The number of nitrogens with zero attached hydrogens (tertiary/aromatic N) is 1. The van der Waals surface area contributed by atoms with Crippen LogP contribution in [0.1, 0.15) is 56.6 Å². The topological polar surface area (TPSA) is 69.6 Å². The minimum absolute atomic E-state index is 0.00496. The molecule has 150 valence electrons. The van der Waals surface area contributed by atoms with Gasteiger partial charge in [0.2, 0.25) is 10.0 Å². The molecule has 5 nitrogen and oxygen atoms in total. The lowest BCUT2D eigenvalue weighted by Crippen LogP contribution is -2.68. The maximum atomic E-state index is 12.3. The van der Waals surface area contributed by atoms with Crippen LogP contribution in [0, 0.1) is 0 Å². The average Bonchev–Trinajstić information content (AvgIpc) is 2.61. The maximum absolute atomic E-state index is 12.3. The highest BCUT2D eigenvalue weighted by molar-refractivity contribution is 7.88. The summed E-state index contributed by atoms with van der Waals surface area (Å²) < 4.78 is 26.0. The number of rotatable bonds is 7. The molecule has 1 saturated heterocycles. The summed E-state index contributed by atoms with van der Waals surface area (Å²) in [6.45, 7) is 4.52. The van der Waals surface area contributed by atoms with Gasteiger partial charge in [-0.15, -0.1) is 0 Å². The van der Waals surface area contributed by atoms with Crippen LogP contribution >= 0.6 is 0 Å². The van der Waals surface area contributed by atoms with Gasteiger partial charge in [0.1, 0.15) is 0 Å². The molecular formula is C21H32N2O3S. The normalized spacial score (nSPS) is 26.7. The van der Waals surface area contributed by atoms with Crippen molar-refractivity contribution in [3.05, 3.63) is 41.5 Å². The van der Waals surface area contributed by atoms with Crippen molar-refractivity contribution in [2.75, 3.05) is 19.4 Å². The van der Waals surface area contributed by atoms with Gasteiger partial charge in [-0.25, -0.2) is 8.42 Å². The molecule has 3 rings (SSSR count). The number of hydrogen-bond donors (Lipinski definition) is 2. The Bertz CT molecular complexity index is 771. The standard InChI is InChI=1S/C21H32N2O3S/c1-15(2)22-13-19-21(20(14-24)23(19)27(3,25)26)18-11-9-17(10-12-18)16-7-5-4-6-8-16/h7,9-12,15,19-22,24H,4-6,8,13-14H2,1-3H3/t19-,20+,21+/m1/s1. The van der Waals surface area contributed by atoms with E-state index in [1.54, 1.807) is 0 Å². The van der Waals surface area contributed by atoms with Crippen LogP contribution in [-0.4, -0.2) is 55.4 Å². The minimum atomic E-state index is -3.37.